The van der Waals surface area contributed by atoms with Gasteiger partial charge >= 0.3 is 0 Å². The average Bonchev–Trinajstić information content (AvgIpc) is 3.06. The van der Waals surface area contributed by atoms with Gasteiger partial charge in [0, 0.05) is 11.3 Å². The van der Waals surface area contributed by atoms with Crippen LogP contribution in [-0.2, 0) is 4.84 Å². The Hall–Kier alpha value is -0.650. The number of rotatable bonds is 5. The summed E-state index contributed by atoms with van der Waals surface area (Å²) in [5, 5.41) is 11.2. The van der Waals surface area contributed by atoms with Gasteiger partial charge in [0.2, 0.25) is 0 Å². The van der Waals surface area contributed by atoms with Gasteiger partial charge in [-0.25, -0.2) is 4.98 Å². The molecule has 1 aromatic rings. The average molecular weight is 358 g/mol. The van der Waals surface area contributed by atoms with Crippen LogP contribution in [0.2, 0.25) is 0 Å². The van der Waals surface area contributed by atoms with E-state index >= 15 is 0 Å². The number of oxime groups is 1. The molecule has 130 valence electrons. The molecular formula is C17H28ClN3OS. The molecule has 23 heavy (non-hydrogen) atoms. The Morgan fingerprint density at radius 2 is 2.00 bits per heavy atom. The van der Waals surface area contributed by atoms with Crippen molar-refractivity contribution in [2.45, 2.75) is 57.3 Å². The van der Waals surface area contributed by atoms with E-state index in [0.29, 0.717) is 5.92 Å². The summed E-state index contributed by atoms with van der Waals surface area (Å²) in [6, 6.07) is 0. The van der Waals surface area contributed by atoms with Gasteiger partial charge in [-0.2, -0.15) is 0 Å². The second-order valence-electron chi connectivity index (χ2n) is 6.52. The lowest BCUT2D eigenvalue weighted by atomic mass is 9.85. The fourth-order valence-corrected chi connectivity index (χ4v) is 4.64. The Bertz CT molecular complexity index is 494. The molecule has 0 spiro atoms. The lowest BCUT2D eigenvalue weighted by Gasteiger charge is -2.21. The van der Waals surface area contributed by atoms with Crippen LogP contribution in [0.4, 0.5) is 0 Å². The van der Waals surface area contributed by atoms with Gasteiger partial charge in [0.15, 0.2) is 0 Å². The lowest BCUT2D eigenvalue weighted by Crippen LogP contribution is -2.26. The zero-order valence-electron chi connectivity index (χ0n) is 13.9. The number of halogens is 1. The van der Waals surface area contributed by atoms with Gasteiger partial charge in [0.1, 0.15) is 12.8 Å². The highest BCUT2D eigenvalue weighted by atomic mass is 35.5. The Kier molecular flexibility index (Phi) is 7.80. The largest absolute Gasteiger partial charge is 0.399 e. The number of hydrogen-bond acceptors (Lipinski definition) is 5. The molecule has 2 fully saturated rings. The number of thiazole rings is 1. The molecule has 1 N–H and O–H groups in total. The summed E-state index contributed by atoms with van der Waals surface area (Å²) in [6.45, 7) is 2.22. The molecule has 2 heterocycles. The Balaban J connectivity index is 0.00000192. The van der Waals surface area contributed by atoms with Crippen molar-refractivity contribution in [2.24, 2.45) is 11.1 Å². The highest BCUT2D eigenvalue weighted by Crippen LogP contribution is 2.31. The number of nitrogens with one attached hydrogen (secondary N) is 1. The smallest absolute Gasteiger partial charge is 0.106 e. The summed E-state index contributed by atoms with van der Waals surface area (Å²) < 4.78 is 0. The minimum atomic E-state index is 0. The van der Waals surface area contributed by atoms with Crippen molar-refractivity contribution >= 4 is 29.5 Å². The van der Waals surface area contributed by atoms with Crippen molar-refractivity contribution in [3.05, 3.63) is 16.1 Å². The van der Waals surface area contributed by atoms with E-state index in [9.17, 15) is 0 Å². The Morgan fingerprint density at radius 1 is 1.26 bits per heavy atom. The van der Waals surface area contributed by atoms with Gasteiger partial charge in [0.05, 0.1) is 10.7 Å². The van der Waals surface area contributed by atoms with Gasteiger partial charge in [-0.15, -0.1) is 23.7 Å². The zero-order chi connectivity index (χ0) is 15.2. The first-order valence-corrected chi connectivity index (χ1v) is 9.51. The first-order chi connectivity index (χ1) is 10.9. The van der Waals surface area contributed by atoms with Crippen molar-refractivity contribution in [1.82, 2.24) is 10.3 Å². The maximum Gasteiger partial charge on any atom is 0.106 e. The Morgan fingerprint density at radius 3 is 2.70 bits per heavy atom. The van der Waals surface area contributed by atoms with Crippen molar-refractivity contribution in [2.75, 3.05) is 20.2 Å². The molecule has 1 saturated heterocycles. The lowest BCUT2D eigenvalue weighted by molar-refractivity contribution is 0.211. The van der Waals surface area contributed by atoms with Crippen LogP contribution in [0.15, 0.2) is 10.5 Å². The molecule has 0 aromatic carbocycles. The molecule has 1 saturated carbocycles. The zero-order valence-corrected chi connectivity index (χ0v) is 15.6. The molecule has 0 radical (unpaired) electrons. The normalized spacial score (nSPS) is 21.0. The molecule has 3 rings (SSSR count). The summed E-state index contributed by atoms with van der Waals surface area (Å²) in [4.78, 5) is 10.00. The maximum absolute atomic E-state index is 5.10. The van der Waals surface area contributed by atoms with Crippen molar-refractivity contribution in [3.63, 3.8) is 0 Å². The quantitative estimate of drug-likeness (QED) is 0.629. The molecule has 1 aliphatic carbocycles. The molecule has 0 amide bonds. The van der Waals surface area contributed by atoms with Crippen LogP contribution in [0.5, 0.6) is 0 Å². The maximum atomic E-state index is 5.10. The summed E-state index contributed by atoms with van der Waals surface area (Å²) in [7, 11) is 1.64. The minimum absolute atomic E-state index is 0. The van der Waals surface area contributed by atoms with E-state index < -0.39 is 0 Å². The third kappa shape index (κ3) is 5.16. The van der Waals surface area contributed by atoms with Crippen LogP contribution in [0.25, 0.3) is 0 Å². The summed E-state index contributed by atoms with van der Waals surface area (Å²) in [5.74, 6) is 1.38. The van der Waals surface area contributed by atoms with Crippen LogP contribution >= 0.6 is 23.7 Å². The molecule has 0 atom stereocenters. The second-order valence-corrected chi connectivity index (χ2v) is 7.41. The highest BCUT2D eigenvalue weighted by molar-refractivity contribution is 7.09. The molecule has 0 unspecified atom stereocenters. The van der Waals surface area contributed by atoms with Crippen LogP contribution in [-0.4, -0.2) is 30.9 Å². The number of aromatic nitrogens is 1. The fraction of sp³-hybridized carbons (Fsp3) is 0.765. The number of nitrogens with zero attached hydrogens (tertiary/aromatic N) is 2. The van der Waals surface area contributed by atoms with Crippen LogP contribution < -0.4 is 5.32 Å². The Labute approximate surface area is 149 Å². The van der Waals surface area contributed by atoms with Gasteiger partial charge in [-0.3, -0.25) is 0 Å². The second kappa shape index (κ2) is 9.60. The van der Waals surface area contributed by atoms with Crippen LogP contribution in [0, 0.1) is 5.92 Å². The molecule has 1 aromatic heterocycles. The monoisotopic (exact) mass is 357 g/mol. The summed E-state index contributed by atoms with van der Waals surface area (Å²) in [6.07, 6.45) is 10.2. The molecular weight excluding hydrogens is 330 g/mol. The molecule has 6 heteroatoms. The van der Waals surface area contributed by atoms with E-state index in [0.717, 1.165) is 36.8 Å². The predicted molar refractivity (Wildman–Crippen MR) is 98.9 cm³/mol. The van der Waals surface area contributed by atoms with Crippen molar-refractivity contribution in [1.29, 1.82) is 0 Å². The van der Waals surface area contributed by atoms with Crippen LogP contribution in [0.1, 0.15) is 68.0 Å². The number of hydrogen-bond donors (Lipinski definition) is 1. The van der Waals surface area contributed by atoms with Gasteiger partial charge < -0.3 is 10.2 Å². The highest BCUT2D eigenvalue weighted by Gasteiger charge is 2.22. The summed E-state index contributed by atoms with van der Waals surface area (Å²) >= 11 is 1.80. The van der Waals surface area contributed by atoms with Crippen molar-refractivity contribution < 1.29 is 4.84 Å². The predicted octanol–water partition coefficient (Wildman–Crippen LogP) is 4.35. The van der Waals surface area contributed by atoms with E-state index in [4.69, 9.17) is 9.82 Å². The van der Waals surface area contributed by atoms with E-state index in [1.807, 2.05) is 0 Å². The first-order valence-electron chi connectivity index (χ1n) is 8.63. The third-order valence-electron chi connectivity index (χ3n) is 4.91. The van der Waals surface area contributed by atoms with E-state index in [-0.39, 0.29) is 12.4 Å². The first kappa shape index (κ1) is 18.7. The number of piperidine rings is 1. The molecule has 2 aliphatic rings. The van der Waals surface area contributed by atoms with E-state index in [2.05, 4.69) is 15.9 Å². The standard InChI is InChI=1S/C17H27N3OS.ClH/c1-21-20-15(11-13-5-3-2-4-6-13)16-12-22-17(19-16)14-7-9-18-10-8-14;/h12-14,18H,2-11H2,1H3;1H/b20-15-;. The van der Waals surface area contributed by atoms with Gasteiger partial charge in [0.25, 0.3) is 0 Å². The molecule has 1 aliphatic heterocycles. The van der Waals surface area contributed by atoms with E-state index in [1.54, 1.807) is 18.4 Å². The molecule has 4 nitrogen and oxygen atoms in total. The fourth-order valence-electron chi connectivity index (χ4n) is 3.64. The van der Waals surface area contributed by atoms with Crippen LogP contribution in [0.3, 0.4) is 0 Å². The van der Waals surface area contributed by atoms with Gasteiger partial charge in [-0.1, -0.05) is 37.3 Å². The van der Waals surface area contributed by atoms with E-state index in [1.165, 1.54) is 50.0 Å². The molecule has 0 bridgehead atoms. The minimum Gasteiger partial charge on any atom is -0.399 e. The van der Waals surface area contributed by atoms with Gasteiger partial charge in [-0.05, 0) is 38.3 Å². The third-order valence-corrected chi connectivity index (χ3v) is 5.92. The SMILES string of the molecule is CO/N=C(/CC1CCCCC1)c1csc(C2CCNCC2)n1.Cl. The topological polar surface area (TPSA) is 46.5 Å². The summed E-state index contributed by atoms with van der Waals surface area (Å²) in [5.41, 5.74) is 2.09. The van der Waals surface area contributed by atoms with Crippen molar-refractivity contribution in [3.8, 4) is 0 Å².